The van der Waals surface area contributed by atoms with Crippen LogP contribution in [-0.2, 0) is 27.9 Å². The number of esters is 1. The number of ether oxygens (including phenoxy) is 3. The summed E-state index contributed by atoms with van der Waals surface area (Å²) in [6.07, 6.45) is 3.07. The molecule has 3 rings (SSSR count). The highest BCUT2D eigenvalue weighted by Gasteiger charge is 2.13. The number of carbonyl (C=O) groups excluding carboxylic acids is 3. The van der Waals surface area contributed by atoms with E-state index in [1.54, 1.807) is 62.2 Å². The van der Waals surface area contributed by atoms with E-state index in [-0.39, 0.29) is 24.1 Å². The molecule has 2 amide bonds. The normalized spacial score (nSPS) is 10.7. The lowest BCUT2D eigenvalue weighted by molar-refractivity contribution is -0.116. The maximum Gasteiger partial charge on any atom is 0.337 e. The van der Waals surface area contributed by atoms with E-state index in [1.165, 1.54) is 31.0 Å². The number of hydrogen-bond donors (Lipinski definition) is 2. The van der Waals surface area contributed by atoms with Crippen LogP contribution in [0, 0.1) is 0 Å². The highest BCUT2D eigenvalue weighted by Crippen LogP contribution is 2.28. The Balaban J connectivity index is 1.50. The van der Waals surface area contributed by atoms with Gasteiger partial charge in [0.15, 0.2) is 22.5 Å². The molecule has 0 unspecified atom stereocenters. The van der Waals surface area contributed by atoms with Gasteiger partial charge in [-0.3, -0.25) is 9.59 Å². The van der Waals surface area contributed by atoms with Crippen molar-refractivity contribution in [2.45, 2.75) is 11.7 Å². The van der Waals surface area contributed by atoms with Gasteiger partial charge in [0.2, 0.25) is 11.8 Å². The van der Waals surface area contributed by atoms with Gasteiger partial charge in [0.25, 0.3) is 0 Å². The zero-order valence-corrected chi connectivity index (χ0v) is 21.6. The predicted octanol–water partition coefficient (Wildman–Crippen LogP) is 2.68. The second-order valence-corrected chi connectivity index (χ2v) is 8.48. The van der Waals surface area contributed by atoms with E-state index < -0.39 is 5.97 Å². The van der Waals surface area contributed by atoms with E-state index in [1.807, 2.05) is 6.07 Å². The lowest BCUT2D eigenvalue weighted by Crippen LogP contribution is -2.22. The maximum atomic E-state index is 12.3. The van der Waals surface area contributed by atoms with Gasteiger partial charge in [-0.1, -0.05) is 23.9 Å². The highest BCUT2D eigenvalue weighted by molar-refractivity contribution is 7.99. The van der Waals surface area contributed by atoms with Crippen molar-refractivity contribution in [3.05, 3.63) is 65.5 Å². The minimum atomic E-state index is -0.486. The molecule has 3 aromatic rings. The Bertz CT molecular complexity index is 1310. The van der Waals surface area contributed by atoms with Crippen molar-refractivity contribution in [1.29, 1.82) is 0 Å². The molecule has 0 spiro atoms. The zero-order chi connectivity index (χ0) is 26.8. The highest BCUT2D eigenvalue weighted by atomic mass is 32.2. The molecule has 2 N–H and O–H groups in total. The molecular formula is C25H27N5O6S. The molecule has 194 valence electrons. The number of nitrogens with zero attached hydrogens (tertiary/aromatic N) is 3. The van der Waals surface area contributed by atoms with E-state index >= 15 is 0 Å². The molecule has 1 heterocycles. The van der Waals surface area contributed by atoms with Crippen LogP contribution in [0.1, 0.15) is 21.7 Å². The SMILES string of the molecule is COC(=O)c1cccc(NC(=O)CSc2nnc(CNC(=O)/C=C/c3ccc(OC)c(OC)c3)n2C)c1. The second-order valence-electron chi connectivity index (χ2n) is 7.53. The van der Waals surface area contributed by atoms with E-state index in [2.05, 4.69) is 25.6 Å². The van der Waals surface area contributed by atoms with Crippen molar-refractivity contribution in [1.82, 2.24) is 20.1 Å². The minimum Gasteiger partial charge on any atom is -0.493 e. The van der Waals surface area contributed by atoms with Crippen LogP contribution < -0.4 is 20.1 Å². The summed E-state index contributed by atoms with van der Waals surface area (Å²) in [5, 5.41) is 14.2. The van der Waals surface area contributed by atoms with Crippen molar-refractivity contribution in [3.63, 3.8) is 0 Å². The van der Waals surface area contributed by atoms with Gasteiger partial charge >= 0.3 is 5.97 Å². The van der Waals surface area contributed by atoms with E-state index in [9.17, 15) is 14.4 Å². The Morgan fingerprint density at radius 3 is 2.54 bits per heavy atom. The first kappa shape index (κ1) is 27.3. The molecule has 0 aliphatic heterocycles. The number of benzene rings is 2. The topological polar surface area (TPSA) is 134 Å². The van der Waals surface area contributed by atoms with E-state index in [0.29, 0.717) is 33.7 Å². The van der Waals surface area contributed by atoms with Gasteiger partial charge in [-0.15, -0.1) is 10.2 Å². The first-order chi connectivity index (χ1) is 17.8. The number of amides is 2. The molecule has 0 bridgehead atoms. The van der Waals surface area contributed by atoms with Crippen LogP contribution in [0.25, 0.3) is 6.08 Å². The lowest BCUT2D eigenvalue weighted by Gasteiger charge is -2.08. The van der Waals surface area contributed by atoms with Gasteiger partial charge in [-0.2, -0.15) is 0 Å². The molecule has 37 heavy (non-hydrogen) atoms. The molecule has 0 saturated carbocycles. The Morgan fingerprint density at radius 1 is 1.03 bits per heavy atom. The fourth-order valence-electron chi connectivity index (χ4n) is 3.15. The number of hydrogen-bond acceptors (Lipinski definition) is 9. The van der Waals surface area contributed by atoms with Crippen LogP contribution in [0.3, 0.4) is 0 Å². The monoisotopic (exact) mass is 525 g/mol. The molecule has 2 aromatic carbocycles. The average molecular weight is 526 g/mol. The van der Waals surface area contributed by atoms with E-state index in [0.717, 1.165) is 5.56 Å². The van der Waals surface area contributed by atoms with Crippen LogP contribution in [-0.4, -0.2) is 59.6 Å². The number of aromatic nitrogens is 3. The zero-order valence-electron chi connectivity index (χ0n) is 20.8. The standard InChI is InChI=1S/C25H27N5O6S/c1-30-21(14-26-22(31)11-9-16-8-10-19(34-2)20(12-16)35-3)28-29-25(30)37-15-23(32)27-18-7-5-6-17(13-18)24(33)36-4/h5-13H,14-15H2,1-4H3,(H,26,31)(H,27,32)/b11-9+. The second kappa shape index (κ2) is 13.1. The quantitative estimate of drug-likeness (QED) is 0.220. The van der Waals surface area contributed by atoms with E-state index in [4.69, 9.17) is 9.47 Å². The van der Waals surface area contributed by atoms with Gasteiger partial charge < -0.3 is 29.4 Å². The maximum absolute atomic E-state index is 12.3. The number of methoxy groups -OCH3 is 3. The van der Waals surface area contributed by atoms with Crippen molar-refractivity contribution < 1.29 is 28.6 Å². The van der Waals surface area contributed by atoms with Crippen LogP contribution in [0.4, 0.5) is 5.69 Å². The van der Waals surface area contributed by atoms with Gasteiger partial charge in [0, 0.05) is 18.8 Å². The van der Waals surface area contributed by atoms with Crippen LogP contribution >= 0.6 is 11.8 Å². The first-order valence-corrected chi connectivity index (χ1v) is 12.0. The van der Waals surface area contributed by atoms with Crippen molar-refractivity contribution >= 4 is 41.3 Å². The molecule has 0 aliphatic carbocycles. The fraction of sp³-hybridized carbons (Fsp3) is 0.240. The smallest absolute Gasteiger partial charge is 0.337 e. The molecule has 1 aromatic heterocycles. The molecule has 0 atom stereocenters. The lowest BCUT2D eigenvalue weighted by atomic mass is 10.2. The summed E-state index contributed by atoms with van der Waals surface area (Å²) < 4.78 is 16.9. The number of nitrogens with one attached hydrogen (secondary N) is 2. The first-order valence-electron chi connectivity index (χ1n) is 11.0. The molecule has 0 radical (unpaired) electrons. The third-order valence-corrected chi connectivity index (χ3v) is 6.10. The molecule has 12 heteroatoms. The summed E-state index contributed by atoms with van der Waals surface area (Å²) in [6, 6.07) is 11.8. The van der Waals surface area contributed by atoms with Crippen LogP contribution in [0.2, 0.25) is 0 Å². The summed E-state index contributed by atoms with van der Waals surface area (Å²) in [5.74, 6) is 0.713. The Labute approximate surface area is 218 Å². The summed E-state index contributed by atoms with van der Waals surface area (Å²) in [7, 11) is 6.14. The Hall–Kier alpha value is -4.32. The number of thioether (sulfide) groups is 1. The number of rotatable bonds is 11. The van der Waals surface area contributed by atoms with Gasteiger partial charge in [0.05, 0.1) is 39.2 Å². The summed E-state index contributed by atoms with van der Waals surface area (Å²) in [4.78, 5) is 36.3. The third kappa shape index (κ3) is 7.58. The molecule has 11 nitrogen and oxygen atoms in total. The average Bonchev–Trinajstić information content (AvgIpc) is 3.27. The van der Waals surface area contributed by atoms with Gasteiger partial charge in [-0.05, 0) is 42.0 Å². The van der Waals surface area contributed by atoms with Crippen molar-refractivity contribution in [2.75, 3.05) is 32.4 Å². The predicted molar refractivity (Wildman–Crippen MR) is 139 cm³/mol. The van der Waals surface area contributed by atoms with Crippen LogP contribution in [0.5, 0.6) is 11.5 Å². The number of carbonyl (C=O) groups is 3. The molecular weight excluding hydrogens is 498 g/mol. The summed E-state index contributed by atoms with van der Waals surface area (Å²) >= 11 is 1.20. The fourth-order valence-corrected chi connectivity index (χ4v) is 3.88. The minimum absolute atomic E-state index is 0.0782. The van der Waals surface area contributed by atoms with Gasteiger partial charge in [0.1, 0.15) is 0 Å². The molecule has 0 saturated heterocycles. The molecule has 0 aliphatic rings. The summed E-state index contributed by atoms with van der Waals surface area (Å²) in [6.45, 7) is 0.158. The van der Waals surface area contributed by atoms with Crippen molar-refractivity contribution in [3.8, 4) is 11.5 Å². The Kier molecular flexibility index (Phi) is 9.67. The summed E-state index contributed by atoms with van der Waals surface area (Å²) in [5.41, 5.74) is 1.60. The largest absolute Gasteiger partial charge is 0.493 e. The Morgan fingerprint density at radius 2 is 1.81 bits per heavy atom. The van der Waals surface area contributed by atoms with Crippen molar-refractivity contribution in [2.24, 2.45) is 7.05 Å². The van der Waals surface area contributed by atoms with Crippen LogP contribution in [0.15, 0.2) is 53.7 Å². The third-order valence-electron chi connectivity index (χ3n) is 5.08. The molecule has 0 fully saturated rings. The van der Waals surface area contributed by atoms with Gasteiger partial charge in [-0.25, -0.2) is 4.79 Å². The number of anilines is 1.